The van der Waals surface area contributed by atoms with Crippen LogP contribution in [-0.2, 0) is 11.3 Å². The molecule has 36 heavy (non-hydrogen) atoms. The molecule has 5 rings (SSSR count). The van der Waals surface area contributed by atoms with Gasteiger partial charge in [0.15, 0.2) is 11.5 Å². The summed E-state index contributed by atoms with van der Waals surface area (Å²) in [5, 5.41) is 0. The number of fused-ring (bicyclic) bond motifs is 4. The Labute approximate surface area is 218 Å². The third-order valence-electron chi connectivity index (χ3n) is 10.7. The first-order chi connectivity index (χ1) is 17.5. The van der Waals surface area contributed by atoms with Crippen LogP contribution in [0.15, 0.2) is 29.3 Å². The molecule has 0 aliphatic heterocycles. The molecule has 0 radical (unpaired) electrons. The molecule has 1 aromatic rings. The fourth-order valence-corrected chi connectivity index (χ4v) is 8.58. The Hall–Kier alpha value is -1.81. The number of allylic oxidation sites excluding steroid dienone is 2. The van der Waals surface area contributed by atoms with Crippen LogP contribution >= 0.6 is 0 Å². The number of carbonyl (C=O) groups excluding carboxylic acids is 1. The van der Waals surface area contributed by atoms with Crippen molar-refractivity contribution in [3.05, 3.63) is 34.9 Å². The summed E-state index contributed by atoms with van der Waals surface area (Å²) in [6.45, 7) is 10.8. The van der Waals surface area contributed by atoms with E-state index in [0.29, 0.717) is 11.2 Å². The quantitative estimate of drug-likeness (QED) is 0.341. The summed E-state index contributed by atoms with van der Waals surface area (Å²) >= 11 is 0. The van der Waals surface area contributed by atoms with E-state index in [1.54, 1.807) is 12.7 Å². The molecule has 5 unspecified atom stereocenters. The van der Waals surface area contributed by atoms with Gasteiger partial charge < -0.3 is 9.47 Å². The van der Waals surface area contributed by atoms with Crippen LogP contribution in [0.2, 0.25) is 0 Å². The number of hydrogen-bond acceptors (Lipinski definition) is 4. The minimum atomic E-state index is 0.449. The van der Waals surface area contributed by atoms with Gasteiger partial charge >= 0.3 is 0 Å². The zero-order valence-corrected chi connectivity index (χ0v) is 23.1. The highest BCUT2D eigenvalue weighted by Gasteiger charge is 2.54. The van der Waals surface area contributed by atoms with Crippen molar-refractivity contribution in [3.8, 4) is 11.5 Å². The summed E-state index contributed by atoms with van der Waals surface area (Å²) in [5.41, 5.74) is 4.98. The molecule has 0 N–H and O–H groups in total. The van der Waals surface area contributed by atoms with Crippen LogP contribution in [0.25, 0.3) is 0 Å². The second-order valence-electron chi connectivity index (χ2n) is 12.2. The van der Waals surface area contributed by atoms with E-state index in [-0.39, 0.29) is 0 Å². The molecule has 0 heterocycles. The number of carbonyl (C=O) groups is 1. The van der Waals surface area contributed by atoms with Crippen LogP contribution in [0.1, 0.15) is 90.5 Å². The highest BCUT2D eigenvalue weighted by atomic mass is 16.5. The van der Waals surface area contributed by atoms with Crippen LogP contribution < -0.4 is 9.47 Å². The molecule has 5 atom stereocenters. The third-order valence-corrected chi connectivity index (χ3v) is 10.7. The van der Waals surface area contributed by atoms with Crippen LogP contribution in [-0.4, -0.2) is 37.5 Å². The lowest BCUT2D eigenvalue weighted by Gasteiger charge is -2.52. The van der Waals surface area contributed by atoms with Crippen molar-refractivity contribution in [1.29, 1.82) is 0 Å². The van der Waals surface area contributed by atoms with E-state index in [2.05, 4.69) is 43.9 Å². The SMILES string of the molecule is CCN(CC)Cc1ccc(OCCC2CCC3C4CCC5=C(CCC(=O)C5)C4CCC23C)c(OC)c1. The number of ether oxygens (including phenoxy) is 2. The van der Waals surface area contributed by atoms with Crippen molar-refractivity contribution in [2.45, 2.75) is 91.5 Å². The molecular formula is C32H47NO3. The standard InChI is InChI=1S/C32H47NO3/c1-5-33(6-2)21-22-7-14-30(31(19-22)35-4)36-18-16-24-9-13-29-28-11-8-23-20-25(34)10-12-26(23)27(28)15-17-32(24,29)3/h7,14,19,24,27-29H,5-6,8-13,15-18,20-21H2,1-4H3. The Morgan fingerprint density at radius 2 is 1.86 bits per heavy atom. The first kappa shape index (κ1) is 25.8. The average molecular weight is 494 g/mol. The summed E-state index contributed by atoms with van der Waals surface area (Å²) in [6.07, 6.45) is 11.7. The Kier molecular flexibility index (Phi) is 7.81. The monoisotopic (exact) mass is 493 g/mol. The molecule has 0 amide bonds. The van der Waals surface area contributed by atoms with Crippen molar-refractivity contribution in [1.82, 2.24) is 4.90 Å². The predicted octanol–water partition coefficient (Wildman–Crippen LogP) is 7.21. The molecular weight excluding hydrogens is 446 g/mol. The molecule has 0 spiro atoms. The van der Waals surface area contributed by atoms with Gasteiger partial charge in [-0.3, -0.25) is 9.69 Å². The Balaban J connectivity index is 1.20. The number of methoxy groups -OCH3 is 1. The normalized spacial score (nSPS) is 31.8. The van der Waals surface area contributed by atoms with Gasteiger partial charge in [-0.2, -0.15) is 0 Å². The van der Waals surface area contributed by atoms with Crippen molar-refractivity contribution < 1.29 is 14.3 Å². The van der Waals surface area contributed by atoms with Crippen molar-refractivity contribution in [2.24, 2.45) is 29.1 Å². The smallest absolute Gasteiger partial charge is 0.161 e. The second kappa shape index (κ2) is 10.9. The molecule has 4 heteroatoms. The minimum Gasteiger partial charge on any atom is -0.493 e. The maximum absolute atomic E-state index is 12.0. The minimum absolute atomic E-state index is 0.449. The molecule has 1 aromatic carbocycles. The van der Waals surface area contributed by atoms with Gasteiger partial charge in [0, 0.05) is 19.4 Å². The number of rotatable bonds is 9. The lowest BCUT2D eigenvalue weighted by atomic mass is 9.53. The molecule has 0 saturated heterocycles. The van der Waals surface area contributed by atoms with E-state index >= 15 is 0 Å². The summed E-state index contributed by atoms with van der Waals surface area (Å²) in [5.74, 6) is 5.43. The maximum Gasteiger partial charge on any atom is 0.161 e. The van der Waals surface area contributed by atoms with Crippen molar-refractivity contribution in [2.75, 3.05) is 26.8 Å². The Morgan fingerprint density at radius 1 is 1.03 bits per heavy atom. The number of Topliss-reactive ketones (excluding diaryl/α,β-unsaturated/α-hetero) is 1. The highest BCUT2D eigenvalue weighted by Crippen LogP contribution is 2.63. The fraction of sp³-hybridized carbons (Fsp3) is 0.719. The third kappa shape index (κ3) is 4.87. The van der Waals surface area contributed by atoms with Crippen LogP contribution in [0.5, 0.6) is 11.5 Å². The Morgan fingerprint density at radius 3 is 2.64 bits per heavy atom. The molecule has 0 bridgehead atoms. The Bertz CT molecular complexity index is 980. The van der Waals surface area contributed by atoms with Gasteiger partial charge in [0.1, 0.15) is 5.78 Å². The average Bonchev–Trinajstić information content (AvgIpc) is 3.23. The first-order valence-electron chi connectivity index (χ1n) is 14.7. The molecule has 0 aromatic heterocycles. The topological polar surface area (TPSA) is 38.8 Å². The van der Waals surface area contributed by atoms with E-state index in [9.17, 15) is 4.79 Å². The zero-order chi connectivity index (χ0) is 25.3. The first-order valence-corrected chi connectivity index (χ1v) is 14.7. The number of hydrogen-bond donors (Lipinski definition) is 0. The van der Waals surface area contributed by atoms with Gasteiger partial charge in [0.2, 0.25) is 0 Å². The molecule has 4 aliphatic rings. The van der Waals surface area contributed by atoms with E-state index in [0.717, 1.165) is 87.1 Å². The summed E-state index contributed by atoms with van der Waals surface area (Å²) in [6, 6.07) is 6.44. The maximum atomic E-state index is 12.0. The highest BCUT2D eigenvalue weighted by molar-refractivity contribution is 5.82. The molecule has 4 aliphatic carbocycles. The largest absolute Gasteiger partial charge is 0.493 e. The molecule has 2 fully saturated rings. The van der Waals surface area contributed by atoms with Crippen molar-refractivity contribution in [3.63, 3.8) is 0 Å². The number of ketones is 1. The molecule has 4 nitrogen and oxygen atoms in total. The zero-order valence-electron chi connectivity index (χ0n) is 23.1. The van der Waals surface area contributed by atoms with E-state index < -0.39 is 0 Å². The lowest BCUT2D eigenvalue weighted by molar-refractivity contribution is -0.119. The van der Waals surface area contributed by atoms with Crippen LogP contribution in [0.4, 0.5) is 0 Å². The van der Waals surface area contributed by atoms with Gasteiger partial charge in [-0.1, -0.05) is 38.0 Å². The van der Waals surface area contributed by atoms with Gasteiger partial charge in [0.25, 0.3) is 0 Å². The van der Waals surface area contributed by atoms with Crippen LogP contribution in [0.3, 0.4) is 0 Å². The number of benzene rings is 1. The van der Waals surface area contributed by atoms with Crippen LogP contribution in [0, 0.1) is 29.1 Å². The lowest BCUT2D eigenvalue weighted by Crippen LogP contribution is -2.44. The predicted molar refractivity (Wildman–Crippen MR) is 145 cm³/mol. The molecule has 2 saturated carbocycles. The summed E-state index contributed by atoms with van der Waals surface area (Å²) < 4.78 is 12.0. The summed E-state index contributed by atoms with van der Waals surface area (Å²) in [7, 11) is 1.75. The second-order valence-corrected chi connectivity index (χ2v) is 12.2. The molecule has 198 valence electrons. The fourth-order valence-electron chi connectivity index (χ4n) is 8.58. The van der Waals surface area contributed by atoms with E-state index in [1.165, 1.54) is 49.7 Å². The van der Waals surface area contributed by atoms with Gasteiger partial charge in [-0.05, 0) is 111 Å². The van der Waals surface area contributed by atoms with E-state index in [4.69, 9.17) is 9.47 Å². The van der Waals surface area contributed by atoms with Crippen molar-refractivity contribution >= 4 is 5.78 Å². The number of nitrogens with zero attached hydrogens (tertiary/aromatic N) is 1. The van der Waals surface area contributed by atoms with Gasteiger partial charge in [-0.25, -0.2) is 0 Å². The van der Waals surface area contributed by atoms with Gasteiger partial charge in [0.05, 0.1) is 13.7 Å². The van der Waals surface area contributed by atoms with Gasteiger partial charge in [-0.15, -0.1) is 0 Å². The summed E-state index contributed by atoms with van der Waals surface area (Å²) in [4.78, 5) is 14.4. The van der Waals surface area contributed by atoms with E-state index in [1.807, 2.05) is 0 Å².